The molecule has 3 nitrogen and oxygen atoms in total. The highest BCUT2D eigenvalue weighted by Crippen LogP contribution is 2.34. The van der Waals surface area contributed by atoms with Crippen molar-refractivity contribution in [2.45, 2.75) is 193 Å². The van der Waals surface area contributed by atoms with Gasteiger partial charge < -0.3 is 14.4 Å². The van der Waals surface area contributed by atoms with E-state index >= 15 is 0 Å². The fraction of sp³-hybridized carbons (Fsp3) is 0.805. The predicted octanol–water partition coefficient (Wildman–Crippen LogP) is 12.7. The molecular formula is C41H75NO2. The van der Waals surface area contributed by atoms with Crippen LogP contribution in [0.15, 0.2) is 48.6 Å². The van der Waals surface area contributed by atoms with Gasteiger partial charge in [0, 0.05) is 0 Å². The summed E-state index contributed by atoms with van der Waals surface area (Å²) in [5, 5.41) is 0. The van der Waals surface area contributed by atoms with E-state index in [1.54, 1.807) is 0 Å². The summed E-state index contributed by atoms with van der Waals surface area (Å²) in [5.74, 6) is -0.465. The standard InChI is InChI=1S/C41H75NO2/c1-6-8-10-12-14-16-18-20-22-24-26-28-30-32-34-36-39-40(44-41(3,43-39)38-42(4)5)37-35-33-31-29-27-25-23-21-19-17-15-13-11-9-7-2/h14-17,20-23,39-40H,6-13,18-19,24-38H2,1-5H3. The van der Waals surface area contributed by atoms with Gasteiger partial charge in [-0.3, -0.25) is 0 Å². The Kier molecular flexibility index (Phi) is 27.2. The maximum Gasteiger partial charge on any atom is 0.179 e. The van der Waals surface area contributed by atoms with Crippen molar-refractivity contribution in [2.24, 2.45) is 0 Å². The Hall–Kier alpha value is -1.16. The molecule has 1 aliphatic rings. The van der Waals surface area contributed by atoms with Gasteiger partial charge in [-0.1, -0.05) is 140 Å². The van der Waals surface area contributed by atoms with E-state index in [0.29, 0.717) is 0 Å². The van der Waals surface area contributed by atoms with Gasteiger partial charge in [0.05, 0.1) is 18.8 Å². The summed E-state index contributed by atoms with van der Waals surface area (Å²) in [4.78, 5) is 2.19. The lowest BCUT2D eigenvalue weighted by atomic mass is 9.99. The molecule has 1 aliphatic heterocycles. The van der Waals surface area contributed by atoms with Gasteiger partial charge in [0.2, 0.25) is 0 Å². The van der Waals surface area contributed by atoms with Crippen molar-refractivity contribution in [3.63, 3.8) is 0 Å². The molecule has 0 N–H and O–H groups in total. The zero-order chi connectivity index (χ0) is 32.0. The fourth-order valence-corrected chi connectivity index (χ4v) is 6.27. The SMILES string of the molecule is CCCCCC=CCC=CCCCCCCCC1OC(C)(CN(C)C)OC1CCCCCCCC=CCC=CCCCCC. The van der Waals surface area contributed by atoms with Crippen molar-refractivity contribution in [3.05, 3.63) is 48.6 Å². The largest absolute Gasteiger partial charge is 0.343 e. The third kappa shape index (κ3) is 24.1. The van der Waals surface area contributed by atoms with E-state index in [9.17, 15) is 0 Å². The number of hydrogen-bond acceptors (Lipinski definition) is 3. The topological polar surface area (TPSA) is 21.7 Å². The average molecular weight is 614 g/mol. The first-order valence-electron chi connectivity index (χ1n) is 19.1. The summed E-state index contributed by atoms with van der Waals surface area (Å²) < 4.78 is 13.2. The van der Waals surface area contributed by atoms with E-state index in [1.165, 1.54) is 128 Å². The minimum atomic E-state index is -0.465. The molecule has 1 rings (SSSR count). The number of ether oxygens (including phenoxy) is 2. The summed E-state index contributed by atoms with van der Waals surface area (Å²) in [6.45, 7) is 7.50. The van der Waals surface area contributed by atoms with Crippen molar-refractivity contribution >= 4 is 0 Å². The average Bonchev–Trinajstić information content (AvgIpc) is 3.30. The molecule has 0 bridgehead atoms. The Balaban J connectivity index is 2.16. The van der Waals surface area contributed by atoms with Gasteiger partial charge in [-0.2, -0.15) is 0 Å². The maximum absolute atomic E-state index is 6.58. The minimum absolute atomic E-state index is 0.253. The highest BCUT2D eigenvalue weighted by atomic mass is 16.8. The lowest BCUT2D eigenvalue weighted by molar-refractivity contribution is -0.170. The molecule has 44 heavy (non-hydrogen) atoms. The molecule has 1 heterocycles. The minimum Gasteiger partial charge on any atom is -0.343 e. The van der Waals surface area contributed by atoms with Crippen LogP contribution in [0.4, 0.5) is 0 Å². The molecule has 0 spiro atoms. The Morgan fingerprint density at radius 1 is 0.477 bits per heavy atom. The van der Waals surface area contributed by atoms with E-state index in [-0.39, 0.29) is 12.2 Å². The van der Waals surface area contributed by atoms with Crippen LogP contribution in [0.3, 0.4) is 0 Å². The second-order valence-electron chi connectivity index (χ2n) is 13.7. The van der Waals surface area contributed by atoms with Crippen molar-refractivity contribution in [2.75, 3.05) is 20.6 Å². The molecule has 0 aromatic heterocycles. The van der Waals surface area contributed by atoms with Crippen molar-refractivity contribution in [3.8, 4) is 0 Å². The summed E-state index contributed by atoms with van der Waals surface area (Å²) in [5.41, 5.74) is 0. The van der Waals surface area contributed by atoms with E-state index < -0.39 is 5.79 Å². The van der Waals surface area contributed by atoms with Gasteiger partial charge in [-0.25, -0.2) is 0 Å². The quantitative estimate of drug-likeness (QED) is 0.0594. The second-order valence-corrected chi connectivity index (χ2v) is 13.7. The third-order valence-electron chi connectivity index (χ3n) is 8.70. The molecule has 0 amide bonds. The van der Waals surface area contributed by atoms with Crippen molar-refractivity contribution in [1.82, 2.24) is 4.90 Å². The molecule has 256 valence electrons. The number of rotatable bonds is 30. The molecule has 0 saturated carbocycles. The molecule has 3 heteroatoms. The van der Waals surface area contributed by atoms with E-state index in [2.05, 4.69) is 88.4 Å². The lowest BCUT2D eigenvalue weighted by Gasteiger charge is -2.27. The maximum atomic E-state index is 6.58. The summed E-state index contributed by atoms with van der Waals surface area (Å²) in [6, 6.07) is 0. The molecule has 2 unspecified atom stereocenters. The van der Waals surface area contributed by atoms with Gasteiger partial charge in [-0.15, -0.1) is 0 Å². The number of allylic oxidation sites excluding steroid dienone is 8. The van der Waals surface area contributed by atoms with Gasteiger partial charge in [0.1, 0.15) is 0 Å². The molecular weight excluding hydrogens is 538 g/mol. The molecule has 0 aromatic carbocycles. The van der Waals surface area contributed by atoms with E-state index in [1.807, 2.05) is 0 Å². The Morgan fingerprint density at radius 3 is 1.18 bits per heavy atom. The monoisotopic (exact) mass is 614 g/mol. The smallest absolute Gasteiger partial charge is 0.179 e. The zero-order valence-electron chi connectivity index (χ0n) is 30.2. The summed E-state index contributed by atoms with van der Waals surface area (Å²) in [6.07, 6.45) is 49.8. The molecule has 0 aromatic rings. The molecule has 2 atom stereocenters. The van der Waals surface area contributed by atoms with E-state index in [0.717, 1.165) is 32.2 Å². The number of nitrogens with zero attached hydrogens (tertiary/aromatic N) is 1. The third-order valence-corrected chi connectivity index (χ3v) is 8.70. The lowest BCUT2D eigenvalue weighted by Crippen LogP contribution is -2.39. The van der Waals surface area contributed by atoms with Crippen LogP contribution in [0, 0.1) is 0 Å². The van der Waals surface area contributed by atoms with Gasteiger partial charge >= 0.3 is 0 Å². The van der Waals surface area contributed by atoms with Crippen molar-refractivity contribution < 1.29 is 9.47 Å². The highest BCUT2D eigenvalue weighted by molar-refractivity contribution is 4.93. The highest BCUT2D eigenvalue weighted by Gasteiger charge is 2.43. The number of likely N-dealkylation sites (N-methyl/N-ethyl adjacent to an activating group) is 1. The number of unbranched alkanes of at least 4 members (excludes halogenated alkanes) is 16. The van der Waals surface area contributed by atoms with E-state index in [4.69, 9.17) is 9.47 Å². The van der Waals surface area contributed by atoms with Crippen LogP contribution in [0.1, 0.15) is 175 Å². The number of hydrogen-bond donors (Lipinski definition) is 0. The molecule has 1 fully saturated rings. The molecule has 0 aliphatic carbocycles. The van der Waals surface area contributed by atoms with Crippen LogP contribution in [-0.4, -0.2) is 43.5 Å². The Morgan fingerprint density at radius 2 is 0.818 bits per heavy atom. The Labute approximate surface area is 276 Å². The first kappa shape index (κ1) is 40.9. The van der Waals surface area contributed by atoms with Crippen LogP contribution >= 0.6 is 0 Å². The van der Waals surface area contributed by atoms with Crippen molar-refractivity contribution in [1.29, 1.82) is 0 Å². The van der Waals surface area contributed by atoms with Crippen LogP contribution in [0.5, 0.6) is 0 Å². The van der Waals surface area contributed by atoms with Gasteiger partial charge in [0.25, 0.3) is 0 Å². The van der Waals surface area contributed by atoms with Gasteiger partial charge in [0.15, 0.2) is 5.79 Å². The van der Waals surface area contributed by atoms with Crippen LogP contribution in [-0.2, 0) is 9.47 Å². The molecule has 1 saturated heterocycles. The van der Waals surface area contributed by atoms with Crippen LogP contribution < -0.4 is 0 Å². The molecule has 0 radical (unpaired) electrons. The normalized spacial score (nSPS) is 21.0. The summed E-state index contributed by atoms with van der Waals surface area (Å²) in [7, 11) is 4.22. The first-order chi connectivity index (χ1) is 21.5. The summed E-state index contributed by atoms with van der Waals surface area (Å²) >= 11 is 0. The first-order valence-corrected chi connectivity index (χ1v) is 19.1. The zero-order valence-corrected chi connectivity index (χ0v) is 30.2. The second kappa shape index (κ2) is 29.3. The Bertz CT molecular complexity index is 683. The van der Waals surface area contributed by atoms with Crippen LogP contribution in [0.2, 0.25) is 0 Å². The van der Waals surface area contributed by atoms with Gasteiger partial charge in [-0.05, 0) is 98.1 Å². The fourth-order valence-electron chi connectivity index (χ4n) is 6.27. The van der Waals surface area contributed by atoms with Crippen LogP contribution in [0.25, 0.3) is 0 Å². The predicted molar refractivity (Wildman–Crippen MR) is 195 cm³/mol.